The molecule has 2 saturated heterocycles. The molecule has 7 nitrogen and oxygen atoms in total. The summed E-state index contributed by atoms with van der Waals surface area (Å²) >= 11 is 5.97. The summed E-state index contributed by atoms with van der Waals surface area (Å²) in [4.78, 5) is 18.9. The fourth-order valence-corrected chi connectivity index (χ4v) is 3.96. The molecule has 156 valence electrons. The van der Waals surface area contributed by atoms with E-state index >= 15 is 0 Å². The van der Waals surface area contributed by atoms with E-state index in [0.717, 1.165) is 50.0 Å². The number of rotatable bonds is 5. The van der Waals surface area contributed by atoms with Crippen LogP contribution in [0.15, 0.2) is 39.7 Å². The molecule has 29 heavy (non-hydrogen) atoms. The first-order valence-corrected chi connectivity index (χ1v) is 10.3. The molecule has 0 unspecified atom stereocenters. The molecule has 2 aromatic rings. The maximum absolute atomic E-state index is 12.2. The minimum Gasteiger partial charge on any atom is -0.507 e. The summed E-state index contributed by atoms with van der Waals surface area (Å²) in [5, 5.41) is 11.5. The minimum absolute atomic E-state index is 0.0628. The van der Waals surface area contributed by atoms with Gasteiger partial charge in [-0.05, 0) is 24.3 Å². The fraction of sp³-hybridized carbons (Fsp3) is 0.476. The summed E-state index contributed by atoms with van der Waals surface area (Å²) in [7, 11) is 0. The van der Waals surface area contributed by atoms with Crippen LogP contribution in [-0.2, 0) is 17.8 Å². The molecule has 1 N–H and O–H groups in total. The van der Waals surface area contributed by atoms with Crippen LogP contribution in [-0.4, -0.2) is 67.4 Å². The van der Waals surface area contributed by atoms with E-state index in [4.69, 9.17) is 20.8 Å². The van der Waals surface area contributed by atoms with Crippen LogP contribution in [0.25, 0.3) is 0 Å². The van der Waals surface area contributed by atoms with Crippen LogP contribution in [0, 0.1) is 0 Å². The van der Waals surface area contributed by atoms with Crippen LogP contribution in [0.4, 0.5) is 5.69 Å². The Labute approximate surface area is 175 Å². The highest BCUT2D eigenvalue weighted by atomic mass is 35.5. The van der Waals surface area contributed by atoms with Gasteiger partial charge in [-0.15, -0.1) is 0 Å². The molecule has 3 heterocycles. The fourth-order valence-electron chi connectivity index (χ4n) is 3.83. The van der Waals surface area contributed by atoms with Crippen LogP contribution in [0.5, 0.6) is 5.75 Å². The smallest absolute Gasteiger partial charge is 0.343 e. The van der Waals surface area contributed by atoms with Crippen molar-refractivity contribution in [2.45, 2.75) is 13.1 Å². The van der Waals surface area contributed by atoms with Gasteiger partial charge in [-0.25, -0.2) is 4.79 Å². The molecule has 2 aliphatic heterocycles. The number of hydrogen-bond acceptors (Lipinski definition) is 7. The van der Waals surface area contributed by atoms with Gasteiger partial charge in [0.25, 0.3) is 0 Å². The van der Waals surface area contributed by atoms with Gasteiger partial charge in [0.05, 0.1) is 18.8 Å². The zero-order valence-electron chi connectivity index (χ0n) is 16.3. The number of morpholine rings is 1. The van der Waals surface area contributed by atoms with Crippen molar-refractivity contribution in [1.82, 2.24) is 9.80 Å². The number of piperazine rings is 1. The number of aromatic hydroxyl groups is 1. The normalized spacial score (nSPS) is 18.9. The average Bonchev–Trinajstić information content (AvgIpc) is 2.75. The molecule has 1 aromatic heterocycles. The first-order chi connectivity index (χ1) is 14.1. The zero-order chi connectivity index (χ0) is 20.2. The third-order valence-electron chi connectivity index (χ3n) is 5.59. The average molecular weight is 420 g/mol. The molecular weight excluding hydrogens is 394 g/mol. The van der Waals surface area contributed by atoms with E-state index < -0.39 is 5.63 Å². The Balaban J connectivity index is 1.39. The zero-order valence-corrected chi connectivity index (χ0v) is 17.1. The number of halogens is 1. The van der Waals surface area contributed by atoms with Crippen molar-refractivity contribution in [2.75, 3.05) is 57.4 Å². The summed E-state index contributed by atoms with van der Waals surface area (Å²) in [6.45, 7) is 7.22. The lowest BCUT2D eigenvalue weighted by Gasteiger charge is -2.36. The standard InChI is InChI=1S/C21H26ClN3O4/c22-17-1-3-18(4-2-17)25-7-5-23(6-8-25)13-16-15-29-21(27)19(20(16)26)14-24-9-11-28-12-10-24/h1-4,15,26H,5-14H2. The molecule has 0 spiro atoms. The third kappa shape index (κ3) is 4.93. The number of hydrogen-bond donors (Lipinski definition) is 1. The number of ether oxygens (including phenoxy) is 1. The van der Waals surface area contributed by atoms with Crippen LogP contribution in [0.1, 0.15) is 11.1 Å². The Morgan fingerprint density at radius 1 is 0.931 bits per heavy atom. The van der Waals surface area contributed by atoms with E-state index in [9.17, 15) is 9.90 Å². The second kappa shape index (κ2) is 9.17. The van der Waals surface area contributed by atoms with Crippen LogP contribution in [0.3, 0.4) is 0 Å². The van der Waals surface area contributed by atoms with E-state index in [1.807, 2.05) is 24.3 Å². The highest BCUT2D eigenvalue weighted by molar-refractivity contribution is 6.30. The molecule has 1 aromatic carbocycles. The predicted octanol–water partition coefficient (Wildman–Crippen LogP) is 2.15. The van der Waals surface area contributed by atoms with Gasteiger partial charge in [-0.3, -0.25) is 9.80 Å². The molecule has 8 heteroatoms. The minimum atomic E-state index is -0.467. The van der Waals surface area contributed by atoms with Gasteiger partial charge >= 0.3 is 5.63 Å². The van der Waals surface area contributed by atoms with E-state index in [1.54, 1.807) is 0 Å². The quantitative estimate of drug-likeness (QED) is 0.796. The van der Waals surface area contributed by atoms with Crippen LogP contribution >= 0.6 is 11.6 Å². The molecule has 0 radical (unpaired) electrons. The summed E-state index contributed by atoms with van der Waals surface area (Å²) in [5.74, 6) is 0.0628. The lowest BCUT2D eigenvalue weighted by Crippen LogP contribution is -2.46. The van der Waals surface area contributed by atoms with E-state index in [0.29, 0.717) is 37.4 Å². The van der Waals surface area contributed by atoms with Crippen molar-refractivity contribution >= 4 is 17.3 Å². The molecule has 4 rings (SSSR count). The monoisotopic (exact) mass is 419 g/mol. The Hall–Kier alpha value is -2.06. The summed E-state index contributed by atoms with van der Waals surface area (Å²) in [5.41, 5.74) is 1.69. The molecule has 0 atom stereocenters. The topological polar surface area (TPSA) is 69.4 Å². The van der Waals surface area contributed by atoms with Crippen molar-refractivity contribution < 1.29 is 14.3 Å². The third-order valence-corrected chi connectivity index (χ3v) is 5.84. The molecular formula is C21H26ClN3O4. The Kier molecular flexibility index (Phi) is 6.40. The van der Waals surface area contributed by atoms with Crippen molar-refractivity contribution in [1.29, 1.82) is 0 Å². The molecule has 0 saturated carbocycles. The Morgan fingerprint density at radius 3 is 2.28 bits per heavy atom. The first kappa shape index (κ1) is 20.2. The second-order valence-corrected chi connectivity index (χ2v) is 7.94. The molecule has 2 aliphatic rings. The van der Waals surface area contributed by atoms with E-state index in [2.05, 4.69) is 14.7 Å². The Bertz CT molecular complexity index is 872. The van der Waals surface area contributed by atoms with Crippen molar-refractivity contribution in [3.8, 4) is 5.75 Å². The molecule has 2 fully saturated rings. The van der Waals surface area contributed by atoms with Crippen LogP contribution in [0.2, 0.25) is 5.02 Å². The largest absolute Gasteiger partial charge is 0.507 e. The molecule has 0 aliphatic carbocycles. The highest BCUT2D eigenvalue weighted by Crippen LogP contribution is 2.24. The van der Waals surface area contributed by atoms with Crippen molar-refractivity contribution in [2.24, 2.45) is 0 Å². The van der Waals surface area contributed by atoms with Crippen LogP contribution < -0.4 is 10.5 Å². The van der Waals surface area contributed by atoms with Gasteiger partial charge in [-0.2, -0.15) is 0 Å². The predicted molar refractivity (Wildman–Crippen MR) is 112 cm³/mol. The van der Waals surface area contributed by atoms with Gasteiger partial charge in [0.1, 0.15) is 12.0 Å². The maximum atomic E-state index is 12.2. The van der Waals surface area contributed by atoms with Crippen molar-refractivity contribution in [3.63, 3.8) is 0 Å². The summed E-state index contributed by atoms with van der Waals surface area (Å²) < 4.78 is 10.6. The molecule has 0 bridgehead atoms. The Morgan fingerprint density at radius 2 is 1.59 bits per heavy atom. The van der Waals surface area contributed by atoms with Gasteiger partial charge in [0.15, 0.2) is 0 Å². The lowest BCUT2D eigenvalue weighted by atomic mass is 10.1. The summed E-state index contributed by atoms with van der Waals surface area (Å²) in [6, 6.07) is 7.88. The second-order valence-electron chi connectivity index (χ2n) is 7.50. The highest BCUT2D eigenvalue weighted by Gasteiger charge is 2.22. The molecule has 0 amide bonds. The van der Waals surface area contributed by atoms with E-state index in [1.165, 1.54) is 6.26 Å². The number of benzene rings is 1. The first-order valence-electron chi connectivity index (χ1n) is 9.95. The van der Waals surface area contributed by atoms with Gasteiger partial charge in [0.2, 0.25) is 0 Å². The van der Waals surface area contributed by atoms with Gasteiger partial charge in [-0.1, -0.05) is 11.6 Å². The van der Waals surface area contributed by atoms with E-state index in [-0.39, 0.29) is 5.75 Å². The lowest BCUT2D eigenvalue weighted by molar-refractivity contribution is 0.0333. The number of nitrogens with zero attached hydrogens (tertiary/aromatic N) is 3. The van der Waals surface area contributed by atoms with Gasteiger partial charge in [0, 0.05) is 68.6 Å². The summed E-state index contributed by atoms with van der Waals surface area (Å²) in [6.07, 6.45) is 1.39. The number of anilines is 1. The maximum Gasteiger partial charge on any atom is 0.343 e. The van der Waals surface area contributed by atoms with Gasteiger partial charge < -0.3 is 19.2 Å². The SMILES string of the molecule is O=c1occ(CN2CCN(c3ccc(Cl)cc3)CC2)c(O)c1CN1CCOCC1. The van der Waals surface area contributed by atoms with Crippen molar-refractivity contribution in [3.05, 3.63) is 57.1 Å².